The number of aromatic nitrogens is 2. The molecular formula is C12H8Cl2N4O. The fraction of sp³-hybridized carbons (Fsp3) is 0. The Morgan fingerprint density at radius 2 is 1.68 bits per heavy atom. The minimum absolute atomic E-state index is 0.493. The molecule has 3 aromatic rings. The summed E-state index contributed by atoms with van der Waals surface area (Å²) in [5.74, 6) is 0. The van der Waals surface area contributed by atoms with E-state index >= 15 is 0 Å². The summed E-state index contributed by atoms with van der Waals surface area (Å²) in [5, 5.41) is 11.7. The number of nitrogens with zero attached hydrogens (tertiary/aromatic N) is 2. The van der Waals surface area contributed by atoms with E-state index in [1.54, 1.807) is 30.3 Å². The van der Waals surface area contributed by atoms with Crippen molar-refractivity contribution in [3.8, 4) is 0 Å². The highest BCUT2D eigenvalue weighted by Gasteiger charge is 2.12. The average molecular weight is 295 g/mol. The summed E-state index contributed by atoms with van der Waals surface area (Å²) in [6.45, 7) is 0. The Bertz CT molecular complexity index is 736. The van der Waals surface area contributed by atoms with E-state index in [2.05, 4.69) is 15.6 Å². The molecule has 0 atom stereocenters. The average Bonchev–Trinajstić information content (AvgIpc) is 2.87. The third kappa shape index (κ3) is 2.07. The topological polar surface area (TPSA) is 77.0 Å². The van der Waals surface area contributed by atoms with Gasteiger partial charge in [0.1, 0.15) is 0 Å². The van der Waals surface area contributed by atoms with Gasteiger partial charge in [-0.2, -0.15) is 0 Å². The number of halogens is 2. The zero-order valence-electron chi connectivity index (χ0n) is 9.52. The summed E-state index contributed by atoms with van der Waals surface area (Å²) in [6, 6.07) is 8.73. The van der Waals surface area contributed by atoms with Crippen LogP contribution in [0.5, 0.6) is 0 Å². The Kier molecular flexibility index (Phi) is 2.93. The third-order valence-corrected chi connectivity index (χ3v) is 3.30. The molecule has 0 aliphatic carbocycles. The maximum Gasteiger partial charge on any atom is 0.160 e. The van der Waals surface area contributed by atoms with Gasteiger partial charge in [0.05, 0.1) is 27.1 Å². The summed E-state index contributed by atoms with van der Waals surface area (Å²) in [5.41, 5.74) is 8.55. The number of nitrogen functional groups attached to an aromatic ring is 1. The highest BCUT2D eigenvalue weighted by Crippen LogP contribution is 2.35. The predicted molar refractivity (Wildman–Crippen MR) is 76.0 cm³/mol. The number of para-hydroxylation sites is 1. The third-order valence-electron chi connectivity index (χ3n) is 2.67. The SMILES string of the molecule is Nc1ccc(Nc2c(Cl)cccc2Cl)c2nonc12. The molecule has 0 aliphatic rings. The van der Waals surface area contributed by atoms with E-state index in [1.807, 2.05) is 0 Å². The molecule has 1 aromatic heterocycles. The highest BCUT2D eigenvalue weighted by molar-refractivity contribution is 6.39. The standard InChI is InChI=1S/C12H8Cl2N4O/c13-6-2-1-3-7(14)10(6)16-9-5-4-8(15)11-12(9)18-19-17-11/h1-5,16H,15H2. The lowest BCUT2D eigenvalue weighted by atomic mass is 10.2. The number of hydrogen-bond donors (Lipinski definition) is 2. The summed E-state index contributed by atoms with van der Waals surface area (Å²) in [7, 11) is 0. The Morgan fingerprint density at radius 3 is 2.42 bits per heavy atom. The lowest BCUT2D eigenvalue weighted by molar-refractivity contribution is 0.316. The number of anilines is 3. The second-order valence-electron chi connectivity index (χ2n) is 3.89. The lowest BCUT2D eigenvalue weighted by Gasteiger charge is -2.10. The molecule has 0 saturated heterocycles. The Hall–Kier alpha value is -1.98. The molecule has 0 unspecified atom stereocenters. The number of fused-ring (bicyclic) bond motifs is 1. The van der Waals surface area contributed by atoms with Crippen LogP contribution in [0.3, 0.4) is 0 Å². The van der Waals surface area contributed by atoms with Gasteiger partial charge in [0.15, 0.2) is 11.0 Å². The Morgan fingerprint density at radius 1 is 1.00 bits per heavy atom. The van der Waals surface area contributed by atoms with E-state index in [0.717, 1.165) is 0 Å². The van der Waals surface area contributed by atoms with Gasteiger partial charge >= 0.3 is 0 Å². The highest BCUT2D eigenvalue weighted by atomic mass is 35.5. The van der Waals surface area contributed by atoms with Gasteiger partial charge in [-0.1, -0.05) is 29.3 Å². The molecule has 0 radical (unpaired) electrons. The molecule has 0 fully saturated rings. The number of nitrogens with one attached hydrogen (secondary N) is 1. The van der Waals surface area contributed by atoms with Gasteiger partial charge in [-0.05, 0) is 34.6 Å². The van der Waals surface area contributed by atoms with E-state index < -0.39 is 0 Å². The van der Waals surface area contributed by atoms with Crippen LogP contribution in [0.25, 0.3) is 11.0 Å². The monoisotopic (exact) mass is 294 g/mol. The summed E-state index contributed by atoms with van der Waals surface area (Å²) in [4.78, 5) is 0. The minimum Gasteiger partial charge on any atom is -0.397 e. The van der Waals surface area contributed by atoms with Gasteiger partial charge in [-0.25, -0.2) is 4.63 Å². The fourth-order valence-electron chi connectivity index (χ4n) is 1.74. The number of benzene rings is 2. The maximum absolute atomic E-state index is 6.10. The quantitative estimate of drug-likeness (QED) is 0.702. The second-order valence-corrected chi connectivity index (χ2v) is 4.70. The van der Waals surface area contributed by atoms with Crippen LogP contribution in [0.2, 0.25) is 10.0 Å². The largest absolute Gasteiger partial charge is 0.397 e. The van der Waals surface area contributed by atoms with Gasteiger partial charge in [-0.15, -0.1) is 0 Å². The van der Waals surface area contributed by atoms with E-state index in [1.165, 1.54) is 0 Å². The number of nitrogens with two attached hydrogens (primary N) is 1. The molecule has 0 saturated carbocycles. The van der Waals surface area contributed by atoms with Crippen molar-refractivity contribution in [3.63, 3.8) is 0 Å². The van der Waals surface area contributed by atoms with Crippen molar-refractivity contribution < 1.29 is 4.63 Å². The van der Waals surface area contributed by atoms with Crippen molar-refractivity contribution in [2.75, 3.05) is 11.1 Å². The smallest absolute Gasteiger partial charge is 0.160 e. The van der Waals surface area contributed by atoms with Crippen LogP contribution in [0.15, 0.2) is 35.0 Å². The van der Waals surface area contributed by atoms with Crippen LogP contribution in [0, 0.1) is 0 Å². The van der Waals surface area contributed by atoms with Gasteiger partial charge in [0.25, 0.3) is 0 Å². The molecule has 3 N–H and O–H groups in total. The lowest BCUT2D eigenvalue weighted by Crippen LogP contribution is -1.95. The van der Waals surface area contributed by atoms with Crippen LogP contribution in [0.4, 0.5) is 17.1 Å². The summed E-state index contributed by atoms with van der Waals surface area (Å²) in [6.07, 6.45) is 0. The summed E-state index contributed by atoms with van der Waals surface area (Å²) >= 11 is 12.2. The van der Waals surface area contributed by atoms with Gasteiger partial charge < -0.3 is 11.1 Å². The van der Waals surface area contributed by atoms with Gasteiger partial charge in [0.2, 0.25) is 0 Å². The molecule has 1 heterocycles. The molecule has 7 heteroatoms. The van der Waals surface area contributed by atoms with Crippen molar-refractivity contribution in [1.82, 2.24) is 10.3 Å². The van der Waals surface area contributed by atoms with Crippen LogP contribution in [0.1, 0.15) is 0 Å². The molecule has 96 valence electrons. The molecule has 5 nitrogen and oxygen atoms in total. The zero-order valence-corrected chi connectivity index (χ0v) is 11.0. The first-order valence-electron chi connectivity index (χ1n) is 5.38. The first-order chi connectivity index (χ1) is 9.16. The molecule has 0 amide bonds. The molecule has 19 heavy (non-hydrogen) atoms. The van der Waals surface area contributed by atoms with Crippen molar-refractivity contribution in [2.45, 2.75) is 0 Å². The van der Waals surface area contributed by atoms with E-state index in [0.29, 0.717) is 38.1 Å². The normalized spacial score (nSPS) is 10.8. The van der Waals surface area contributed by atoms with E-state index in [9.17, 15) is 0 Å². The zero-order chi connectivity index (χ0) is 13.4. The van der Waals surface area contributed by atoms with E-state index in [-0.39, 0.29) is 0 Å². The maximum atomic E-state index is 6.10. The van der Waals surface area contributed by atoms with E-state index in [4.69, 9.17) is 33.6 Å². The number of hydrogen-bond acceptors (Lipinski definition) is 5. The second kappa shape index (κ2) is 4.60. The summed E-state index contributed by atoms with van der Waals surface area (Å²) < 4.78 is 4.70. The molecule has 0 aliphatic heterocycles. The van der Waals surface area contributed by atoms with Gasteiger partial charge in [-0.3, -0.25) is 0 Å². The Labute approximate surface area is 118 Å². The minimum atomic E-state index is 0.493. The van der Waals surface area contributed by atoms with Crippen molar-refractivity contribution in [3.05, 3.63) is 40.4 Å². The van der Waals surface area contributed by atoms with Crippen LogP contribution in [-0.2, 0) is 0 Å². The molecule has 0 bridgehead atoms. The van der Waals surface area contributed by atoms with Crippen LogP contribution >= 0.6 is 23.2 Å². The fourth-order valence-corrected chi connectivity index (χ4v) is 2.23. The van der Waals surface area contributed by atoms with Crippen molar-refractivity contribution >= 4 is 51.3 Å². The van der Waals surface area contributed by atoms with Gasteiger partial charge in [0, 0.05) is 0 Å². The predicted octanol–water partition coefficient (Wildman–Crippen LogP) is 3.86. The van der Waals surface area contributed by atoms with Crippen molar-refractivity contribution in [2.24, 2.45) is 0 Å². The first-order valence-corrected chi connectivity index (χ1v) is 6.14. The molecule has 2 aromatic carbocycles. The Balaban J connectivity index is 2.11. The van der Waals surface area contributed by atoms with Crippen LogP contribution < -0.4 is 11.1 Å². The molecular weight excluding hydrogens is 287 g/mol. The molecule has 0 spiro atoms. The first kappa shape index (κ1) is 12.1. The van der Waals surface area contributed by atoms with Crippen LogP contribution in [-0.4, -0.2) is 10.3 Å². The number of rotatable bonds is 2. The van der Waals surface area contributed by atoms with Crippen molar-refractivity contribution in [1.29, 1.82) is 0 Å². The molecule has 3 rings (SSSR count).